The van der Waals surface area contributed by atoms with Crippen molar-refractivity contribution in [2.75, 3.05) is 18.5 Å². The van der Waals surface area contributed by atoms with Crippen LogP contribution in [0.4, 0.5) is 5.69 Å². The minimum absolute atomic E-state index is 0.0272. The van der Waals surface area contributed by atoms with Crippen LogP contribution in [0, 0.1) is 12.8 Å². The molecule has 2 aromatic carbocycles. The summed E-state index contributed by atoms with van der Waals surface area (Å²) in [6, 6.07) is 14.2. The third-order valence-corrected chi connectivity index (χ3v) is 7.33. The van der Waals surface area contributed by atoms with Gasteiger partial charge in [-0.1, -0.05) is 35.9 Å². The molecular weight excluding hydrogens is 398 g/mol. The first-order valence-electron chi connectivity index (χ1n) is 9.23. The Kier molecular flexibility index (Phi) is 6.59. The molecule has 8 heteroatoms. The van der Waals surface area contributed by atoms with Crippen molar-refractivity contribution in [1.82, 2.24) is 9.73 Å². The number of hydrogen-bond acceptors (Lipinski definition) is 4. The van der Waals surface area contributed by atoms with Gasteiger partial charge < -0.3 is 0 Å². The summed E-state index contributed by atoms with van der Waals surface area (Å²) in [4.78, 5) is 12.5. The molecule has 1 aliphatic rings. The predicted octanol–water partition coefficient (Wildman–Crippen LogP) is 3.58. The van der Waals surface area contributed by atoms with E-state index in [1.165, 1.54) is 4.31 Å². The summed E-state index contributed by atoms with van der Waals surface area (Å²) in [6.45, 7) is 2.49. The number of hydrogen-bond donors (Lipinski definition) is 2. The lowest BCUT2D eigenvalue weighted by molar-refractivity contribution is -0.121. The Labute approximate surface area is 170 Å². The van der Waals surface area contributed by atoms with E-state index >= 15 is 0 Å². The van der Waals surface area contributed by atoms with Crippen molar-refractivity contribution in [3.8, 4) is 0 Å². The number of carbonyl (C=O) groups excluding carboxylic acids is 1. The average molecular weight is 422 g/mol. The summed E-state index contributed by atoms with van der Waals surface area (Å²) in [5.41, 5.74) is 6.89. The van der Waals surface area contributed by atoms with Crippen LogP contribution in [0.1, 0.15) is 24.8 Å². The molecule has 0 spiro atoms. The van der Waals surface area contributed by atoms with Gasteiger partial charge in [0.2, 0.25) is 15.9 Å². The van der Waals surface area contributed by atoms with Crippen molar-refractivity contribution >= 4 is 33.2 Å². The normalized spacial score (nSPS) is 17.9. The first kappa shape index (κ1) is 20.6. The molecule has 1 aliphatic heterocycles. The van der Waals surface area contributed by atoms with Crippen LogP contribution in [-0.2, 0) is 14.8 Å². The summed E-state index contributed by atoms with van der Waals surface area (Å²) in [5.74, 6) is -0.187. The van der Waals surface area contributed by atoms with Crippen molar-refractivity contribution in [3.05, 3.63) is 59.1 Å². The van der Waals surface area contributed by atoms with E-state index in [1.807, 2.05) is 30.3 Å². The third kappa shape index (κ3) is 4.84. The van der Waals surface area contributed by atoms with E-state index in [0.29, 0.717) is 23.7 Å². The number of nitrogens with one attached hydrogen (secondary N) is 2. The molecule has 1 saturated heterocycles. The number of anilines is 1. The van der Waals surface area contributed by atoms with Crippen LogP contribution >= 0.6 is 11.6 Å². The molecular formula is C20H24ClN3O3S. The highest BCUT2D eigenvalue weighted by Gasteiger charge is 2.32. The minimum Gasteiger partial charge on any atom is -0.299 e. The van der Waals surface area contributed by atoms with Gasteiger partial charge in [0.1, 0.15) is 0 Å². The van der Waals surface area contributed by atoms with Gasteiger partial charge in [0.15, 0.2) is 0 Å². The molecule has 0 radical (unpaired) electrons. The summed E-state index contributed by atoms with van der Waals surface area (Å²) >= 11 is 6.10. The molecule has 1 heterocycles. The van der Waals surface area contributed by atoms with E-state index in [-0.39, 0.29) is 23.1 Å². The van der Waals surface area contributed by atoms with Gasteiger partial charge in [0.05, 0.1) is 10.6 Å². The Morgan fingerprint density at radius 1 is 1.18 bits per heavy atom. The van der Waals surface area contributed by atoms with Crippen molar-refractivity contribution in [1.29, 1.82) is 0 Å². The number of para-hydroxylation sites is 1. The second kappa shape index (κ2) is 8.94. The van der Waals surface area contributed by atoms with Crippen LogP contribution in [0.2, 0.25) is 5.02 Å². The number of rotatable bonds is 6. The Balaban J connectivity index is 1.62. The number of piperidine rings is 1. The molecule has 0 aliphatic carbocycles. The number of hydrazine groups is 1. The lowest BCUT2D eigenvalue weighted by Crippen LogP contribution is -2.42. The van der Waals surface area contributed by atoms with Gasteiger partial charge in [-0.05, 0) is 55.5 Å². The summed E-state index contributed by atoms with van der Waals surface area (Å²) in [6.07, 6.45) is 1.81. The van der Waals surface area contributed by atoms with Gasteiger partial charge in [0, 0.05) is 24.5 Å². The number of nitrogens with zero attached hydrogens (tertiary/aromatic N) is 1. The van der Waals surface area contributed by atoms with Crippen LogP contribution in [0.15, 0.2) is 53.4 Å². The zero-order valence-corrected chi connectivity index (χ0v) is 17.3. The van der Waals surface area contributed by atoms with Crippen molar-refractivity contribution in [2.24, 2.45) is 5.92 Å². The van der Waals surface area contributed by atoms with Gasteiger partial charge >= 0.3 is 0 Å². The second-order valence-electron chi connectivity index (χ2n) is 6.98. The van der Waals surface area contributed by atoms with Crippen molar-refractivity contribution < 1.29 is 13.2 Å². The van der Waals surface area contributed by atoms with Crippen LogP contribution in [-0.4, -0.2) is 31.7 Å². The van der Waals surface area contributed by atoms with Crippen LogP contribution in [0.25, 0.3) is 0 Å². The van der Waals surface area contributed by atoms with Crippen molar-refractivity contribution in [3.63, 3.8) is 0 Å². The van der Waals surface area contributed by atoms with Gasteiger partial charge in [-0.25, -0.2) is 8.42 Å². The maximum absolute atomic E-state index is 13.1. The van der Waals surface area contributed by atoms with Crippen LogP contribution in [0.5, 0.6) is 0 Å². The fraction of sp³-hybridized carbons (Fsp3) is 0.350. The lowest BCUT2D eigenvalue weighted by Gasteiger charge is -2.32. The summed E-state index contributed by atoms with van der Waals surface area (Å²) in [5, 5.41) is 0.431. The molecule has 1 unspecified atom stereocenters. The topological polar surface area (TPSA) is 78.5 Å². The van der Waals surface area contributed by atoms with E-state index < -0.39 is 10.0 Å². The number of carbonyl (C=O) groups is 1. The monoisotopic (exact) mass is 421 g/mol. The summed E-state index contributed by atoms with van der Waals surface area (Å²) in [7, 11) is -3.64. The van der Waals surface area contributed by atoms with Gasteiger partial charge in [-0.3, -0.25) is 15.6 Å². The number of sulfonamides is 1. The fourth-order valence-corrected chi connectivity index (χ4v) is 5.43. The van der Waals surface area contributed by atoms with E-state index in [1.54, 1.807) is 25.1 Å². The lowest BCUT2D eigenvalue weighted by atomic mass is 9.96. The molecule has 1 atom stereocenters. The maximum Gasteiger partial charge on any atom is 0.243 e. The predicted molar refractivity (Wildman–Crippen MR) is 110 cm³/mol. The zero-order valence-electron chi connectivity index (χ0n) is 15.7. The van der Waals surface area contributed by atoms with Gasteiger partial charge in [0.25, 0.3) is 0 Å². The Morgan fingerprint density at radius 2 is 1.93 bits per heavy atom. The Morgan fingerprint density at radius 3 is 2.68 bits per heavy atom. The minimum atomic E-state index is -3.64. The standard InChI is InChI=1S/C20H24ClN3O3S/c1-15-18(21)10-5-11-19(15)28(26,27)24-12-6-7-16(14-24)13-20(25)23-22-17-8-3-2-4-9-17/h2-5,8-11,16,22H,6-7,12-14H2,1H3,(H,23,25). The molecule has 1 amide bonds. The molecule has 28 heavy (non-hydrogen) atoms. The van der Waals surface area contributed by atoms with E-state index in [2.05, 4.69) is 10.9 Å². The number of amides is 1. The molecule has 0 saturated carbocycles. The van der Waals surface area contributed by atoms with E-state index in [0.717, 1.165) is 18.5 Å². The smallest absolute Gasteiger partial charge is 0.243 e. The molecule has 3 rings (SSSR count). The van der Waals surface area contributed by atoms with Gasteiger partial charge in [-0.2, -0.15) is 4.31 Å². The van der Waals surface area contributed by atoms with E-state index in [4.69, 9.17) is 11.6 Å². The number of halogens is 1. The molecule has 2 N–H and O–H groups in total. The van der Waals surface area contributed by atoms with Crippen LogP contribution in [0.3, 0.4) is 0 Å². The molecule has 1 fully saturated rings. The van der Waals surface area contributed by atoms with Gasteiger partial charge in [-0.15, -0.1) is 0 Å². The molecule has 6 nitrogen and oxygen atoms in total. The quantitative estimate of drug-likeness (QED) is 0.699. The molecule has 150 valence electrons. The zero-order chi connectivity index (χ0) is 20.1. The Hall–Kier alpha value is -2.09. The molecule has 0 bridgehead atoms. The Bertz CT molecular complexity index is 935. The summed E-state index contributed by atoms with van der Waals surface area (Å²) < 4.78 is 27.6. The maximum atomic E-state index is 13.1. The molecule has 2 aromatic rings. The average Bonchev–Trinajstić information content (AvgIpc) is 2.69. The largest absolute Gasteiger partial charge is 0.299 e. The molecule has 0 aromatic heterocycles. The highest BCUT2D eigenvalue weighted by molar-refractivity contribution is 7.89. The van der Waals surface area contributed by atoms with Crippen LogP contribution < -0.4 is 10.9 Å². The first-order chi connectivity index (χ1) is 13.4. The third-order valence-electron chi connectivity index (χ3n) is 4.91. The highest BCUT2D eigenvalue weighted by Crippen LogP contribution is 2.29. The van der Waals surface area contributed by atoms with Crippen molar-refractivity contribution in [2.45, 2.75) is 31.1 Å². The SMILES string of the molecule is Cc1c(Cl)cccc1S(=O)(=O)N1CCCC(CC(=O)NNc2ccccc2)C1. The first-order valence-corrected chi connectivity index (χ1v) is 11.0. The highest BCUT2D eigenvalue weighted by atomic mass is 35.5. The van der Waals surface area contributed by atoms with E-state index in [9.17, 15) is 13.2 Å². The fourth-order valence-electron chi connectivity index (χ4n) is 3.39. The second-order valence-corrected chi connectivity index (χ2v) is 9.29. The number of benzene rings is 2.